The summed E-state index contributed by atoms with van der Waals surface area (Å²) in [6, 6.07) is 18.7. The number of phenolic OH excluding ortho intramolecular Hbond substituents is 2. The van der Waals surface area contributed by atoms with Crippen LogP contribution in [0.5, 0.6) is 23.0 Å². The second-order valence-electron chi connectivity index (χ2n) is 6.10. The second kappa shape index (κ2) is 6.15. The maximum Gasteiger partial charge on any atom is 0.127 e. The summed E-state index contributed by atoms with van der Waals surface area (Å²) in [5.41, 5.74) is 2.02. The van der Waals surface area contributed by atoms with E-state index in [1.165, 1.54) is 6.07 Å². The van der Waals surface area contributed by atoms with Crippen LogP contribution in [0, 0.1) is 0 Å². The van der Waals surface area contributed by atoms with E-state index in [2.05, 4.69) is 0 Å². The first-order chi connectivity index (χ1) is 12.6. The van der Waals surface area contributed by atoms with Gasteiger partial charge in [-0.05, 0) is 46.2 Å². The Morgan fingerprint density at radius 2 is 1.50 bits per heavy atom. The van der Waals surface area contributed by atoms with Crippen molar-refractivity contribution in [3.63, 3.8) is 0 Å². The van der Waals surface area contributed by atoms with Gasteiger partial charge in [0.2, 0.25) is 0 Å². The smallest absolute Gasteiger partial charge is 0.127 e. The molecule has 4 aromatic carbocycles. The third kappa shape index (κ3) is 2.47. The average Bonchev–Trinajstić information content (AvgIpc) is 2.66. The van der Waals surface area contributed by atoms with E-state index in [0.29, 0.717) is 22.3 Å². The standard InChI is InChI=1S/C22H18O4/c1-25-15-10-16(13-6-4-3-5-7-13)17-12-21(26-2)19-8-14(23)9-20(24)22(19)18(17)11-15/h3-12,23-24H,1-2H3. The fraction of sp³-hybridized carbons (Fsp3) is 0.0909. The highest BCUT2D eigenvalue weighted by molar-refractivity contribution is 6.17. The summed E-state index contributed by atoms with van der Waals surface area (Å²) < 4.78 is 11.0. The van der Waals surface area contributed by atoms with Crippen LogP contribution in [0.15, 0.2) is 60.7 Å². The van der Waals surface area contributed by atoms with Crippen molar-refractivity contribution >= 4 is 21.5 Å². The molecule has 4 nitrogen and oxygen atoms in total. The zero-order valence-electron chi connectivity index (χ0n) is 14.5. The summed E-state index contributed by atoms with van der Waals surface area (Å²) >= 11 is 0. The number of hydrogen-bond acceptors (Lipinski definition) is 4. The number of benzene rings is 4. The minimum Gasteiger partial charge on any atom is -0.508 e. The second-order valence-corrected chi connectivity index (χ2v) is 6.10. The van der Waals surface area contributed by atoms with Gasteiger partial charge in [0.05, 0.1) is 14.2 Å². The van der Waals surface area contributed by atoms with Gasteiger partial charge in [-0.1, -0.05) is 30.3 Å². The monoisotopic (exact) mass is 346 g/mol. The lowest BCUT2D eigenvalue weighted by molar-refractivity contribution is 0.415. The lowest BCUT2D eigenvalue weighted by atomic mass is 9.93. The molecule has 0 fully saturated rings. The molecule has 130 valence electrons. The average molecular weight is 346 g/mol. The Hall–Kier alpha value is -3.40. The molecule has 0 heterocycles. The van der Waals surface area contributed by atoms with Gasteiger partial charge in [-0.15, -0.1) is 0 Å². The molecule has 0 aliphatic rings. The van der Waals surface area contributed by atoms with E-state index < -0.39 is 0 Å². The molecule has 0 saturated heterocycles. The first kappa shape index (κ1) is 16.1. The van der Waals surface area contributed by atoms with Crippen molar-refractivity contribution in [2.75, 3.05) is 14.2 Å². The van der Waals surface area contributed by atoms with Gasteiger partial charge in [0.15, 0.2) is 0 Å². The third-order valence-corrected chi connectivity index (χ3v) is 4.61. The fourth-order valence-electron chi connectivity index (χ4n) is 3.43. The fourth-order valence-corrected chi connectivity index (χ4v) is 3.43. The van der Waals surface area contributed by atoms with Gasteiger partial charge in [-0.2, -0.15) is 0 Å². The van der Waals surface area contributed by atoms with Gasteiger partial charge in [0.1, 0.15) is 23.0 Å². The molecule has 0 aromatic heterocycles. The summed E-state index contributed by atoms with van der Waals surface area (Å²) in [6.07, 6.45) is 0. The molecule has 2 N–H and O–H groups in total. The zero-order chi connectivity index (χ0) is 18.3. The highest BCUT2D eigenvalue weighted by atomic mass is 16.5. The Balaban J connectivity index is 2.22. The molecule has 0 unspecified atom stereocenters. The molecule has 0 atom stereocenters. The Labute approximate surface area is 150 Å². The molecule has 0 amide bonds. The minimum atomic E-state index is -0.0150. The number of methoxy groups -OCH3 is 2. The zero-order valence-corrected chi connectivity index (χ0v) is 14.5. The van der Waals surface area contributed by atoms with Crippen molar-refractivity contribution in [3.05, 3.63) is 60.7 Å². The summed E-state index contributed by atoms with van der Waals surface area (Å²) in [6.45, 7) is 0. The van der Waals surface area contributed by atoms with E-state index in [0.717, 1.165) is 21.9 Å². The van der Waals surface area contributed by atoms with Crippen LogP contribution in [0.25, 0.3) is 32.7 Å². The topological polar surface area (TPSA) is 58.9 Å². The maximum atomic E-state index is 10.5. The summed E-state index contributed by atoms with van der Waals surface area (Å²) in [5, 5.41) is 23.5. The van der Waals surface area contributed by atoms with E-state index in [1.54, 1.807) is 20.3 Å². The number of phenols is 2. The number of hydrogen-bond donors (Lipinski definition) is 2. The Morgan fingerprint density at radius 1 is 0.731 bits per heavy atom. The normalized spacial score (nSPS) is 11.0. The van der Waals surface area contributed by atoms with Crippen LogP contribution in [0.3, 0.4) is 0 Å². The van der Waals surface area contributed by atoms with E-state index in [1.807, 2.05) is 48.5 Å². The molecule has 0 saturated carbocycles. The van der Waals surface area contributed by atoms with Crippen LogP contribution in [0.4, 0.5) is 0 Å². The molecule has 0 aliphatic carbocycles. The summed E-state index contributed by atoms with van der Waals surface area (Å²) in [5.74, 6) is 1.26. The van der Waals surface area contributed by atoms with E-state index in [9.17, 15) is 10.2 Å². The first-order valence-electron chi connectivity index (χ1n) is 8.22. The maximum absolute atomic E-state index is 10.5. The SMILES string of the molecule is COc1cc(-c2ccccc2)c2cc(OC)c3cc(O)cc(O)c3c2c1. The molecular formula is C22H18O4. The van der Waals surface area contributed by atoms with Crippen LogP contribution >= 0.6 is 0 Å². The van der Waals surface area contributed by atoms with Crippen molar-refractivity contribution in [2.24, 2.45) is 0 Å². The number of fused-ring (bicyclic) bond motifs is 3. The molecular weight excluding hydrogens is 328 g/mol. The molecule has 0 bridgehead atoms. The van der Waals surface area contributed by atoms with Crippen molar-refractivity contribution < 1.29 is 19.7 Å². The Kier molecular flexibility index (Phi) is 3.81. The quantitative estimate of drug-likeness (QED) is 0.507. The third-order valence-electron chi connectivity index (χ3n) is 4.61. The lowest BCUT2D eigenvalue weighted by Gasteiger charge is -2.16. The van der Waals surface area contributed by atoms with Crippen LogP contribution in [-0.4, -0.2) is 24.4 Å². The first-order valence-corrected chi connectivity index (χ1v) is 8.22. The number of rotatable bonds is 3. The molecule has 0 radical (unpaired) electrons. The number of aromatic hydroxyl groups is 2. The van der Waals surface area contributed by atoms with Gasteiger partial charge in [0.25, 0.3) is 0 Å². The Morgan fingerprint density at radius 3 is 2.19 bits per heavy atom. The van der Waals surface area contributed by atoms with E-state index >= 15 is 0 Å². The van der Waals surface area contributed by atoms with E-state index in [4.69, 9.17) is 9.47 Å². The van der Waals surface area contributed by atoms with Crippen molar-refractivity contribution in [1.82, 2.24) is 0 Å². The summed E-state index contributed by atoms with van der Waals surface area (Å²) in [4.78, 5) is 0. The van der Waals surface area contributed by atoms with Gasteiger partial charge in [-0.3, -0.25) is 0 Å². The molecule has 0 spiro atoms. The van der Waals surface area contributed by atoms with E-state index in [-0.39, 0.29) is 11.5 Å². The van der Waals surface area contributed by atoms with Crippen LogP contribution in [0.1, 0.15) is 0 Å². The highest BCUT2D eigenvalue weighted by Gasteiger charge is 2.16. The van der Waals surface area contributed by atoms with Crippen molar-refractivity contribution in [1.29, 1.82) is 0 Å². The van der Waals surface area contributed by atoms with Gasteiger partial charge < -0.3 is 19.7 Å². The minimum absolute atomic E-state index is 0.00355. The van der Waals surface area contributed by atoms with Gasteiger partial charge >= 0.3 is 0 Å². The largest absolute Gasteiger partial charge is 0.508 e. The van der Waals surface area contributed by atoms with Gasteiger partial charge in [-0.25, -0.2) is 0 Å². The van der Waals surface area contributed by atoms with Gasteiger partial charge in [0, 0.05) is 16.8 Å². The molecule has 4 heteroatoms. The van der Waals surface area contributed by atoms with Crippen LogP contribution < -0.4 is 9.47 Å². The predicted molar refractivity (Wildman–Crippen MR) is 103 cm³/mol. The number of ether oxygens (including phenoxy) is 2. The highest BCUT2D eigenvalue weighted by Crippen LogP contribution is 2.44. The van der Waals surface area contributed by atoms with Crippen LogP contribution in [0.2, 0.25) is 0 Å². The predicted octanol–water partition coefficient (Wildman–Crippen LogP) is 5.09. The molecule has 4 rings (SSSR count). The van der Waals surface area contributed by atoms with Crippen molar-refractivity contribution in [3.8, 4) is 34.1 Å². The van der Waals surface area contributed by atoms with Crippen molar-refractivity contribution in [2.45, 2.75) is 0 Å². The molecule has 0 aliphatic heterocycles. The summed E-state index contributed by atoms with van der Waals surface area (Å²) in [7, 11) is 3.20. The molecule has 26 heavy (non-hydrogen) atoms. The Bertz CT molecular complexity index is 1120. The van der Waals surface area contributed by atoms with Crippen LogP contribution in [-0.2, 0) is 0 Å². The molecule has 4 aromatic rings. The lowest BCUT2D eigenvalue weighted by Crippen LogP contribution is -1.91.